The fourth-order valence-electron chi connectivity index (χ4n) is 3.03. The second kappa shape index (κ2) is 4.69. The van der Waals surface area contributed by atoms with Crippen LogP contribution in [0, 0.1) is 11.3 Å². The summed E-state index contributed by atoms with van der Waals surface area (Å²) in [4.78, 5) is 14.7. The van der Waals surface area contributed by atoms with Gasteiger partial charge in [-0.25, -0.2) is 0 Å². The van der Waals surface area contributed by atoms with E-state index < -0.39 is 0 Å². The predicted molar refractivity (Wildman–Crippen MR) is 68.0 cm³/mol. The minimum atomic E-state index is -0.0915. The van der Waals surface area contributed by atoms with E-state index >= 15 is 0 Å². The summed E-state index contributed by atoms with van der Waals surface area (Å²) in [6, 6.07) is 0.447. The SMILES string of the molecule is CC1CN(CC2CCC(C)(C)C2=O)C(C)CO1. The summed E-state index contributed by atoms with van der Waals surface area (Å²) < 4.78 is 5.63. The molecule has 0 amide bonds. The van der Waals surface area contributed by atoms with Crippen molar-refractivity contribution in [3.8, 4) is 0 Å². The van der Waals surface area contributed by atoms with Gasteiger partial charge in [-0.1, -0.05) is 13.8 Å². The van der Waals surface area contributed by atoms with E-state index in [4.69, 9.17) is 4.74 Å². The molecule has 0 spiro atoms. The molecule has 0 N–H and O–H groups in total. The summed E-state index contributed by atoms with van der Waals surface area (Å²) >= 11 is 0. The first-order chi connectivity index (χ1) is 7.90. The second-order valence-electron chi connectivity index (χ2n) is 6.43. The van der Waals surface area contributed by atoms with Gasteiger partial charge in [-0.2, -0.15) is 0 Å². The molecule has 3 heteroatoms. The van der Waals surface area contributed by atoms with Crippen molar-refractivity contribution in [2.24, 2.45) is 11.3 Å². The van der Waals surface area contributed by atoms with Crippen LogP contribution in [0.5, 0.6) is 0 Å². The monoisotopic (exact) mass is 239 g/mol. The molecule has 1 aliphatic heterocycles. The zero-order valence-corrected chi connectivity index (χ0v) is 11.5. The van der Waals surface area contributed by atoms with Crippen molar-refractivity contribution in [3.05, 3.63) is 0 Å². The number of morpholine rings is 1. The van der Waals surface area contributed by atoms with Crippen molar-refractivity contribution in [2.75, 3.05) is 19.7 Å². The van der Waals surface area contributed by atoms with Crippen molar-refractivity contribution >= 4 is 5.78 Å². The molecular formula is C14H25NO2. The van der Waals surface area contributed by atoms with Gasteiger partial charge in [-0.15, -0.1) is 0 Å². The van der Waals surface area contributed by atoms with Crippen LogP contribution >= 0.6 is 0 Å². The van der Waals surface area contributed by atoms with Crippen LogP contribution in [-0.2, 0) is 9.53 Å². The Bertz CT molecular complexity index is 301. The Morgan fingerprint density at radius 3 is 2.71 bits per heavy atom. The maximum Gasteiger partial charge on any atom is 0.142 e. The molecule has 3 unspecified atom stereocenters. The van der Waals surface area contributed by atoms with Gasteiger partial charge in [0.1, 0.15) is 5.78 Å². The smallest absolute Gasteiger partial charge is 0.142 e. The van der Waals surface area contributed by atoms with Crippen LogP contribution in [0.25, 0.3) is 0 Å². The van der Waals surface area contributed by atoms with Crippen LogP contribution in [0.3, 0.4) is 0 Å². The fourth-order valence-corrected chi connectivity index (χ4v) is 3.03. The van der Waals surface area contributed by atoms with Crippen LogP contribution < -0.4 is 0 Å². The molecule has 0 radical (unpaired) electrons. The number of hydrogen-bond acceptors (Lipinski definition) is 3. The Labute approximate surface area is 105 Å². The Hall–Kier alpha value is -0.410. The lowest BCUT2D eigenvalue weighted by Gasteiger charge is -2.38. The van der Waals surface area contributed by atoms with E-state index in [2.05, 4.69) is 32.6 Å². The average molecular weight is 239 g/mol. The lowest BCUT2D eigenvalue weighted by atomic mass is 9.89. The Morgan fingerprint density at radius 2 is 2.12 bits per heavy atom. The molecule has 3 nitrogen and oxygen atoms in total. The molecule has 2 aliphatic rings. The van der Waals surface area contributed by atoms with Gasteiger partial charge < -0.3 is 4.74 Å². The third-order valence-electron chi connectivity index (χ3n) is 4.35. The first-order valence-corrected chi connectivity index (χ1v) is 6.80. The maximum atomic E-state index is 12.2. The van der Waals surface area contributed by atoms with Crippen LogP contribution in [-0.4, -0.2) is 42.5 Å². The third-order valence-corrected chi connectivity index (χ3v) is 4.35. The van der Waals surface area contributed by atoms with Crippen LogP contribution in [0.15, 0.2) is 0 Å². The Balaban J connectivity index is 1.95. The van der Waals surface area contributed by atoms with E-state index in [0.717, 1.165) is 32.5 Å². The van der Waals surface area contributed by atoms with Gasteiger partial charge in [0.25, 0.3) is 0 Å². The summed E-state index contributed by atoms with van der Waals surface area (Å²) in [6.45, 7) is 11.2. The Morgan fingerprint density at radius 1 is 1.41 bits per heavy atom. The number of rotatable bonds is 2. The zero-order valence-electron chi connectivity index (χ0n) is 11.5. The highest BCUT2D eigenvalue weighted by Crippen LogP contribution is 2.38. The lowest BCUT2D eigenvalue weighted by molar-refractivity contribution is -0.129. The molecule has 1 saturated heterocycles. The van der Waals surface area contributed by atoms with Gasteiger partial charge in [-0.05, 0) is 26.7 Å². The fraction of sp³-hybridized carbons (Fsp3) is 0.929. The predicted octanol–water partition coefficient (Wildman–Crippen LogP) is 2.10. The van der Waals surface area contributed by atoms with E-state index in [0.29, 0.717) is 17.9 Å². The second-order valence-corrected chi connectivity index (χ2v) is 6.43. The van der Waals surface area contributed by atoms with E-state index in [1.54, 1.807) is 0 Å². The van der Waals surface area contributed by atoms with Gasteiger partial charge in [-0.3, -0.25) is 9.69 Å². The molecule has 2 fully saturated rings. The summed E-state index contributed by atoms with van der Waals surface area (Å²) in [5, 5.41) is 0. The molecule has 17 heavy (non-hydrogen) atoms. The van der Waals surface area contributed by atoms with Crippen molar-refractivity contribution in [2.45, 2.75) is 52.7 Å². The lowest BCUT2D eigenvalue weighted by Crippen LogP contribution is -2.49. The van der Waals surface area contributed by atoms with E-state index in [-0.39, 0.29) is 11.3 Å². The summed E-state index contributed by atoms with van der Waals surface area (Å²) in [7, 11) is 0. The molecule has 3 atom stereocenters. The van der Waals surface area contributed by atoms with E-state index in [1.807, 2.05) is 0 Å². The topological polar surface area (TPSA) is 29.5 Å². The van der Waals surface area contributed by atoms with Crippen molar-refractivity contribution in [1.82, 2.24) is 4.90 Å². The molecule has 0 aromatic carbocycles. The molecule has 1 aliphatic carbocycles. The van der Waals surface area contributed by atoms with Crippen LogP contribution in [0.1, 0.15) is 40.5 Å². The third kappa shape index (κ3) is 2.71. The average Bonchev–Trinajstić information content (AvgIpc) is 2.51. The van der Waals surface area contributed by atoms with E-state index in [1.165, 1.54) is 0 Å². The maximum absolute atomic E-state index is 12.2. The number of ketones is 1. The molecule has 0 bridgehead atoms. The highest BCUT2D eigenvalue weighted by atomic mass is 16.5. The molecule has 2 rings (SSSR count). The quantitative estimate of drug-likeness (QED) is 0.739. The molecule has 1 heterocycles. The summed E-state index contributed by atoms with van der Waals surface area (Å²) in [5.74, 6) is 0.710. The van der Waals surface area contributed by atoms with Crippen molar-refractivity contribution in [1.29, 1.82) is 0 Å². The molecule has 0 aromatic rings. The molecule has 1 saturated carbocycles. The minimum Gasteiger partial charge on any atom is -0.376 e. The van der Waals surface area contributed by atoms with Gasteiger partial charge in [0, 0.05) is 30.5 Å². The number of ether oxygens (including phenoxy) is 1. The standard InChI is InChI=1S/C14H25NO2/c1-10-9-17-11(2)7-15(10)8-12-5-6-14(3,4)13(12)16/h10-12H,5-9H2,1-4H3. The van der Waals surface area contributed by atoms with Crippen LogP contribution in [0.2, 0.25) is 0 Å². The first-order valence-electron chi connectivity index (χ1n) is 6.80. The first kappa shape index (κ1) is 13.0. The van der Waals surface area contributed by atoms with Gasteiger partial charge >= 0.3 is 0 Å². The minimum absolute atomic E-state index is 0.0915. The van der Waals surface area contributed by atoms with Gasteiger partial charge in [0.2, 0.25) is 0 Å². The van der Waals surface area contributed by atoms with Crippen molar-refractivity contribution < 1.29 is 9.53 Å². The number of hydrogen-bond donors (Lipinski definition) is 0. The van der Waals surface area contributed by atoms with Crippen molar-refractivity contribution in [3.63, 3.8) is 0 Å². The molecule has 0 aromatic heterocycles. The largest absolute Gasteiger partial charge is 0.376 e. The van der Waals surface area contributed by atoms with Gasteiger partial charge in [0.15, 0.2) is 0 Å². The zero-order chi connectivity index (χ0) is 12.6. The number of carbonyl (C=O) groups excluding carboxylic acids is 1. The summed E-state index contributed by atoms with van der Waals surface area (Å²) in [5.41, 5.74) is -0.0915. The van der Waals surface area contributed by atoms with Crippen LogP contribution in [0.4, 0.5) is 0 Å². The number of nitrogens with zero attached hydrogens (tertiary/aromatic N) is 1. The normalized spacial score (nSPS) is 38.6. The van der Waals surface area contributed by atoms with Gasteiger partial charge in [0.05, 0.1) is 12.7 Å². The highest BCUT2D eigenvalue weighted by Gasteiger charge is 2.41. The number of carbonyl (C=O) groups is 1. The van der Waals surface area contributed by atoms with E-state index in [9.17, 15) is 4.79 Å². The Kier molecular flexibility index (Phi) is 3.60. The number of Topliss-reactive ketones (excluding diaryl/α,β-unsaturated/α-hetero) is 1. The highest BCUT2D eigenvalue weighted by molar-refractivity contribution is 5.88. The molecule has 98 valence electrons. The molecular weight excluding hydrogens is 214 g/mol. The summed E-state index contributed by atoms with van der Waals surface area (Å²) in [6.07, 6.45) is 2.41.